The Kier molecular flexibility index (Phi) is 4.89. The monoisotopic (exact) mass is 338 g/mol. The van der Waals surface area contributed by atoms with Gasteiger partial charge in [0.15, 0.2) is 0 Å². The van der Waals surface area contributed by atoms with Gasteiger partial charge in [0.2, 0.25) is 10.0 Å². The molecular formula is C16H26N4O2S. The van der Waals surface area contributed by atoms with Gasteiger partial charge in [-0.3, -0.25) is 0 Å². The second-order valence-electron chi connectivity index (χ2n) is 6.75. The Hall–Kier alpha value is -1.18. The fourth-order valence-electron chi connectivity index (χ4n) is 3.29. The Morgan fingerprint density at radius 2 is 1.87 bits per heavy atom. The van der Waals surface area contributed by atoms with Crippen molar-refractivity contribution in [2.45, 2.75) is 24.7 Å². The molecule has 0 saturated carbocycles. The Morgan fingerprint density at radius 1 is 1.13 bits per heavy atom. The van der Waals surface area contributed by atoms with E-state index >= 15 is 0 Å². The summed E-state index contributed by atoms with van der Waals surface area (Å²) in [5, 5.41) is 0. The van der Waals surface area contributed by atoms with Gasteiger partial charge >= 0.3 is 0 Å². The van der Waals surface area contributed by atoms with Crippen LogP contribution in [0.3, 0.4) is 0 Å². The van der Waals surface area contributed by atoms with Crippen molar-refractivity contribution in [1.82, 2.24) is 14.2 Å². The summed E-state index contributed by atoms with van der Waals surface area (Å²) >= 11 is 0. The fraction of sp³-hybridized carbons (Fsp3) is 0.688. The van der Waals surface area contributed by atoms with Gasteiger partial charge in [-0.2, -0.15) is 4.31 Å². The van der Waals surface area contributed by atoms with Gasteiger partial charge in [0.1, 0.15) is 10.7 Å². The van der Waals surface area contributed by atoms with Gasteiger partial charge in [0.25, 0.3) is 0 Å². The number of hydrogen-bond acceptors (Lipinski definition) is 5. The molecule has 0 bridgehead atoms. The lowest BCUT2D eigenvalue weighted by Gasteiger charge is -2.32. The van der Waals surface area contributed by atoms with Crippen molar-refractivity contribution in [2.75, 3.05) is 51.2 Å². The lowest BCUT2D eigenvalue weighted by atomic mass is 10.0. The van der Waals surface area contributed by atoms with Crippen molar-refractivity contribution < 1.29 is 8.42 Å². The molecule has 6 nitrogen and oxygen atoms in total. The SMILES string of the molecule is C[C@@H]1CCCN(c2ccc(S(=O)(=O)N3CCN(C)CC3)cn2)C1. The molecule has 2 aliphatic rings. The molecule has 23 heavy (non-hydrogen) atoms. The number of likely N-dealkylation sites (N-methyl/N-ethyl adjacent to an activating group) is 1. The van der Waals surface area contributed by atoms with Crippen LogP contribution in [0.5, 0.6) is 0 Å². The van der Waals surface area contributed by atoms with Crippen LogP contribution in [0.15, 0.2) is 23.2 Å². The highest BCUT2D eigenvalue weighted by Crippen LogP contribution is 2.23. The van der Waals surface area contributed by atoms with Crippen molar-refractivity contribution >= 4 is 15.8 Å². The predicted octanol–water partition coefficient (Wildman–Crippen LogP) is 1.25. The number of anilines is 1. The first-order valence-electron chi connectivity index (χ1n) is 8.36. The number of nitrogens with zero attached hydrogens (tertiary/aromatic N) is 4. The van der Waals surface area contributed by atoms with E-state index in [2.05, 4.69) is 21.7 Å². The van der Waals surface area contributed by atoms with Gasteiger partial charge in [-0.1, -0.05) is 6.92 Å². The van der Waals surface area contributed by atoms with Crippen molar-refractivity contribution in [3.63, 3.8) is 0 Å². The summed E-state index contributed by atoms with van der Waals surface area (Å²) in [5.41, 5.74) is 0. The van der Waals surface area contributed by atoms with Gasteiger partial charge in [0.05, 0.1) is 0 Å². The van der Waals surface area contributed by atoms with Crippen LogP contribution in [-0.2, 0) is 10.0 Å². The van der Waals surface area contributed by atoms with E-state index in [1.807, 2.05) is 13.1 Å². The van der Waals surface area contributed by atoms with E-state index in [-0.39, 0.29) is 0 Å². The van der Waals surface area contributed by atoms with Crippen LogP contribution in [0, 0.1) is 5.92 Å². The van der Waals surface area contributed by atoms with Crippen molar-refractivity contribution in [1.29, 1.82) is 0 Å². The van der Waals surface area contributed by atoms with Crippen LogP contribution in [0.2, 0.25) is 0 Å². The largest absolute Gasteiger partial charge is 0.356 e. The van der Waals surface area contributed by atoms with Gasteiger partial charge < -0.3 is 9.80 Å². The van der Waals surface area contributed by atoms with Crippen molar-refractivity contribution in [3.8, 4) is 0 Å². The summed E-state index contributed by atoms with van der Waals surface area (Å²) in [7, 11) is -1.40. The molecule has 1 aromatic rings. The second-order valence-corrected chi connectivity index (χ2v) is 8.69. The number of hydrogen-bond donors (Lipinski definition) is 0. The minimum atomic E-state index is -3.42. The van der Waals surface area contributed by atoms with Crippen LogP contribution < -0.4 is 4.90 Å². The molecule has 0 amide bonds. The number of sulfonamides is 1. The first kappa shape index (κ1) is 16.7. The molecule has 2 saturated heterocycles. The maximum absolute atomic E-state index is 12.7. The zero-order valence-electron chi connectivity index (χ0n) is 14.0. The summed E-state index contributed by atoms with van der Waals surface area (Å²) in [6, 6.07) is 3.55. The van der Waals surface area contributed by atoms with E-state index in [0.29, 0.717) is 23.9 Å². The normalized spacial score (nSPS) is 24.8. The topological polar surface area (TPSA) is 56.8 Å². The molecule has 128 valence electrons. The highest BCUT2D eigenvalue weighted by Gasteiger charge is 2.28. The Morgan fingerprint density at radius 3 is 2.48 bits per heavy atom. The molecule has 3 heterocycles. The molecule has 0 aliphatic carbocycles. The average Bonchev–Trinajstić information content (AvgIpc) is 2.55. The number of piperidine rings is 1. The van der Waals surface area contributed by atoms with Gasteiger partial charge in [0, 0.05) is 45.5 Å². The highest BCUT2D eigenvalue weighted by atomic mass is 32.2. The lowest BCUT2D eigenvalue weighted by molar-refractivity contribution is 0.222. The minimum Gasteiger partial charge on any atom is -0.356 e. The molecule has 0 spiro atoms. The summed E-state index contributed by atoms with van der Waals surface area (Å²) < 4.78 is 26.9. The van der Waals surface area contributed by atoms with Crippen LogP contribution >= 0.6 is 0 Å². The molecular weight excluding hydrogens is 312 g/mol. The molecule has 2 fully saturated rings. The van der Waals surface area contributed by atoms with Gasteiger partial charge in [-0.05, 0) is 37.9 Å². The Bertz CT molecular complexity index is 624. The first-order valence-corrected chi connectivity index (χ1v) is 9.80. The summed E-state index contributed by atoms with van der Waals surface area (Å²) in [5.74, 6) is 1.55. The van der Waals surface area contributed by atoms with Gasteiger partial charge in [-0.15, -0.1) is 0 Å². The molecule has 1 atom stereocenters. The van der Waals surface area contributed by atoms with E-state index in [9.17, 15) is 8.42 Å². The minimum absolute atomic E-state index is 0.302. The standard InChI is InChI=1S/C16H26N4O2S/c1-14-4-3-7-19(13-14)16-6-5-15(12-17-16)23(21,22)20-10-8-18(2)9-11-20/h5-6,12,14H,3-4,7-11,13H2,1-2H3/t14-/m1/s1. The summed E-state index contributed by atoms with van der Waals surface area (Å²) in [6.45, 7) is 6.89. The van der Waals surface area contributed by atoms with Crippen LogP contribution in [0.4, 0.5) is 5.82 Å². The zero-order valence-corrected chi connectivity index (χ0v) is 14.8. The molecule has 0 unspecified atom stereocenters. The predicted molar refractivity (Wildman–Crippen MR) is 91.1 cm³/mol. The van der Waals surface area contributed by atoms with Crippen molar-refractivity contribution in [2.24, 2.45) is 5.92 Å². The van der Waals surface area contributed by atoms with E-state index < -0.39 is 10.0 Å². The third kappa shape index (κ3) is 3.67. The maximum atomic E-state index is 12.7. The third-order valence-corrected chi connectivity index (χ3v) is 6.68. The number of piperazine rings is 1. The fourth-order valence-corrected chi connectivity index (χ4v) is 4.66. The molecule has 0 radical (unpaired) electrons. The van der Waals surface area contributed by atoms with E-state index in [0.717, 1.165) is 32.0 Å². The lowest BCUT2D eigenvalue weighted by Crippen LogP contribution is -2.47. The van der Waals surface area contributed by atoms with Crippen molar-refractivity contribution in [3.05, 3.63) is 18.3 Å². The average molecular weight is 338 g/mol. The van der Waals surface area contributed by atoms with E-state index in [1.54, 1.807) is 10.4 Å². The molecule has 3 rings (SSSR count). The number of aromatic nitrogens is 1. The number of pyridine rings is 1. The van der Waals surface area contributed by atoms with E-state index in [4.69, 9.17) is 0 Å². The second kappa shape index (κ2) is 6.75. The van der Waals surface area contributed by atoms with Crippen LogP contribution in [0.25, 0.3) is 0 Å². The van der Waals surface area contributed by atoms with E-state index in [1.165, 1.54) is 19.0 Å². The first-order chi connectivity index (χ1) is 11.0. The molecule has 7 heteroatoms. The zero-order chi connectivity index (χ0) is 16.4. The Labute approximate surface area is 139 Å². The quantitative estimate of drug-likeness (QED) is 0.830. The van der Waals surface area contributed by atoms with Crippen LogP contribution in [0.1, 0.15) is 19.8 Å². The molecule has 2 aliphatic heterocycles. The number of rotatable bonds is 3. The highest BCUT2D eigenvalue weighted by molar-refractivity contribution is 7.89. The maximum Gasteiger partial charge on any atom is 0.244 e. The molecule has 0 aromatic carbocycles. The smallest absolute Gasteiger partial charge is 0.244 e. The third-order valence-electron chi connectivity index (χ3n) is 4.80. The Balaban J connectivity index is 1.73. The van der Waals surface area contributed by atoms with Gasteiger partial charge in [-0.25, -0.2) is 13.4 Å². The molecule has 0 N–H and O–H groups in total. The summed E-state index contributed by atoms with van der Waals surface area (Å²) in [6.07, 6.45) is 3.94. The summed E-state index contributed by atoms with van der Waals surface area (Å²) in [4.78, 5) is 9.12. The molecule has 1 aromatic heterocycles. The van der Waals surface area contributed by atoms with Crippen LogP contribution in [-0.4, -0.2) is 68.9 Å².